The lowest BCUT2D eigenvalue weighted by molar-refractivity contribution is 0.0988. The molecule has 0 radical (unpaired) electrons. The first-order valence-corrected chi connectivity index (χ1v) is 5.60. The summed E-state index contributed by atoms with van der Waals surface area (Å²) in [6.07, 6.45) is 2.32. The smallest absolute Gasteiger partial charge is 0.165 e. The van der Waals surface area contributed by atoms with Crippen LogP contribution in [0.25, 0.3) is 0 Å². The highest BCUT2D eigenvalue weighted by Gasteiger charge is 2.10. The normalized spacial score (nSPS) is 13.3. The van der Waals surface area contributed by atoms with E-state index in [-0.39, 0.29) is 10.6 Å². The minimum Gasteiger partial charge on any atom is -0.325 e. The molecule has 0 aliphatic rings. The molecule has 0 aromatic carbocycles. The van der Waals surface area contributed by atoms with Gasteiger partial charge in [0, 0.05) is 29.0 Å². The van der Waals surface area contributed by atoms with Crippen LogP contribution in [0.5, 0.6) is 0 Å². The Morgan fingerprint density at radius 3 is 3.00 bits per heavy atom. The van der Waals surface area contributed by atoms with Crippen molar-refractivity contribution in [3.63, 3.8) is 0 Å². The Morgan fingerprint density at radius 2 is 2.33 bits per heavy atom. The molecule has 0 spiro atoms. The van der Waals surface area contributed by atoms with E-state index in [1.165, 1.54) is 12.3 Å². The fourth-order valence-corrected chi connectivity index (χ4v) is 1.63. The summed E-state index contributed by atoms with van der Waals surface area (Å²) in [5.74, 6) is 0.448. The number of Topliss-reactive ketones (excluding diaryl/α,β-unsaturated/α-hetero) is 1. The SMILES string of the molecule is [2H]C([2H])([2H])CC(=O)c1cnc(Nc2ccccn2)cc1Cl. The van der Waals surface area contributed by atoms with E-state index < -0.39 is 19.1 Å². The number of rotatable bonds is 4. The van der Waals surface area contributed by atoms with Gasteiger partial charge in [0.15, 0.2) is 5.78 Å². The van der Waals surface area contributed by atoms with E-state index in [1.807, 2.05) is 6.07 Å². The molecule has 0 bridgehead atoms. The molecule has 1 N–H and O–H groups in total. The number of aromatic nitrogens is 2. The van der Waals surface area contributed by atoms with Crippen molar-refractivity contribution in [2.75, 3.05) is 5.32 Å². The standard InChI is InChI=1S/C13H12ClN3O/c1-2-11(18)9-8-16-13(7-10(9)14)17-12-5-3-4-6-15-12/h3-8H,2H2,1H3,(H,15,16,17)/i1D3. The zero-order valence-corrected chi connectivity index (χ0v) is 10.1. The largest absolute Gasteiger partial charge is 0.325 e. The summed E-state index contributed by atoms with van der Waals surface area (Å²) in [5, 5.41) is 3.08. The van der Waals surface area contributed by atoms with Crippen LogP contribution in [0.15, 0.2) is 36.7 Å². The number of pyridine rings is 2. The van der Waals surface area contributed by atoms with Crippen molar-refractivity contribution in [1.29, 1.82) is 0 Å². The summed E-state index contributed by atoms with van der Waals surface area (Å²) in [6.45, 7) is -2.33. The summed E-state index contributed by atoms with van der Waals surface area (Å²) >= 11 is 6.01. The van der Waals surface area contributed by atoms with Gasteiger partial charge in [-0.2, -0.15) is 0 Å². The van der Waals surface area contributed by atoms with Crippen molar-refractivity contribution in [2.24, 2.45) is 0 Å². The maximum atomic E-state index is 11.8. The zero-order valence-electron chi connectivity index (χ0n) is 12.4. The number of ketones is 1. The first-order chi connectivity index (χ1) is 9.85. The molecule has 0 aliphatic heterocycles. The maximum absolute atomic E-state index is 11.8. The van der Waals surface area contributed by atoms with Crippen LogP contribution in [0.3, 0.4) is 0 Å². The van der Waals surface area contributed by atoms with Crippen molar-refractivity contribution in [3.8, 4) is 0 Å². The molecule has 18 heavy (non-hydrogen) atoms. The Labute approximate surface area is 114 Å². The van der Waals surface area contributed by atoms with Crippen LogP contribution in [0.1, 0.15) is 27.7 Å². The third kappa shape index (κ3) is 2.84. The molecule has 0 unspecified atom stereocenters. The Bertz CT molecular complexity index is 647. The lowest BCUT2D eigenvalue weighted by Gasteiger charge is -2.06. The fourth-order valence-electron chi connectivity index (χ4n) is 1.37. The van der Waals surface area contributed by atoms with Gasteiger partial charge in [0.25, 0.3) is 0 Å². The molecule has 0 amide bonds. The summed E-state index contributed by atoms with van der Waals surface area (Å²) in [5.41, 5.74) is 0.0966. The van der Waals surface area contributed by atoms with Gasteiger partial charge in [-0.05, 0) is 12.1 Å². The molecule has 5 heteroatoms. The fraction of sp³-hybridized carbons (Fsp3) is 0.154. The van der Waals surface area contributed by atoms with Gasteiger partial charge >= 0.3 is 0 Å². The van der Waals surface area contributed by atoms with E-state index in [9.17, 15) is 4.79 Å². The van der Waals surface area contributed by atoms with Crippen molar-refractivity contribution in [2.45, 2.75) is 13.3 Å². The molecular weight excluding hydrogens is 250 g/mol. The number of carbonyl (C=O) groups is 1. The molecule has 2 rings (SSSR count). The van der Waals surface area contributed by atoms with Gasteiger partial charge in [0.2, 0.25) is 0 Å². The van der Waals surface area contributed by atoms with E-state index in [2.05, 4.69) is 15.3 Å². The monoisotopic (exact) mass is 264 g/mol. The molecular formula is C13H12ClN3O. The molecule has 4 nitrogen and oxygen atoms in total. The van der Waals surface area contributed by atoms with E-state index in [0.717, 1.165) is 0 Å². The Hall–Kier alpha value is -1.94. The van der Waals surface area contributed by atoms with Crippen molar-refractivity contribution < 1.29 is 8.91 Å². The Morgan fingerprint density at radius 1 is 1.44 bits per heavy atom. The second-order valence-corrected chi connectivity index (χ2v) is 3.90. The number of hydrogen-bond acceptors (Lipinski definition) is 4. The van der Waals surface area contributed by atoms with Crippen LogP contribution in [-0.4, -0.2) is 15.8 Å². The van der Waals surface area contributed by atoms with Gasteiger partial charge in [-0.1, -0.05) is 24.5 Å². The number of anilines is 2. The molecule has 0 atom stereocenters. The molecule has 2 aromatic rings. The van der Waals surface area contributed by atoms with Gasteiger partial charge in [-0.25, -0.2) is 9.97 Å². The molecule has 2 heterocycles. The lowest BCUT2D eigenvalue weighted by Crippen LogP contribution is -2.01. The quantitative estimate of drug-likeness (QED) is 0.859. The summed E-state index contributed by atoms with van der Waals surface area (Å²) < 4.78 is 21.3. The first-order valence-electron chi connectivity index (χ1n) is 6.72. The number of nitrogens with zero attached hydrogens (tertiary/aromatic N) is 2. The van der Waals surface area contributed by atoms with Crippen LogP contribution in [-0.2, 0) is 0 Å². The van der Waals surface area contributed by atoms with Crippen LogP contribution in [0.2, 0.25) is 5.02 Å². The topological polar surface area (TPSA) is 54.9 Å². The third-order valence-corrected chi connectivity index (χ3v) is 2.55. The van der Waals surface area contributed by atoms with Gasteiger partial charge in [-0.3, -0.25) is 4.79 Å². The summed E-state index contributed by atoms with van der Waals surface area (Å²) in [7, 11) is 0. The van der Waals surface area contributed by atoms with Gasteiger partial charge in [-0.15, -0.1) is 0 Å². The third-order valence-electron chi connectivity index (χ3n) is 2.24. The first kappa shape index (κ1) is 9.05. The molecule has 92 valence electrons. The van der Waals surface area contributed by atoms with Crippen LogP contribution in [0, 0.1) is 0 Å². The van der Waals surface area contributed by atoms with Crippen molar-refractivity contribution >= 4 is 29.0 Å². The Kier molecular flexibility index (Phi) is 2.82. The molecule has 0 fully saturated rings. The zero-order chi connectivity index (χ0) is 15.5. The second-order valence-electron chi connectivity index (χ2n) is 3.49. The second kappa shape index (κ2) is 5.60. The predicted molar refractivity (Wildman–Crippen MR) is 71.4 cm³/mol. The molecule has 2 aromatic heterocycles. The summed E-state index contributed by atoms with van der Waals surface area (Å²) in [6, 6.07) is 6.81. The number of hydrogen-bond donors (Lipinski definition) is 1. The van der Waals surface area contributed by atoms with E-state index in [1.54, 1.807) is 18.3 Å². The van der Waals surface area contributed by atoms with Crippen molar-refractivity contribution in [1.82, 2.24) is 9.97 Å². The lowest BCUT2D eigenvalue weighted by atomic mass is 10.1. The predicted octanol–water partition coefficient (Wildman–Crippen LogP) is 3.47. The van der Waals surface area contributed by atoms with E-state index in [0.29, 0.717) is 11.6 Å². The van der Waals surface area contributed by atoms with Crippen LogP contribution in [0.4, 0.5) is 11.6 Å². The van der Waals surface area contributed by atoms with Gasteiger partial charge in [0.1, 0.15) is 11.6 Å². The molecule has 0 saturated heterocycles. The Balaban J connectivity index is 2.16. The number of carbonyl (C=O) groups excluding carboxylic acids is 1. The minimum absolute atomic E-state index is 0.0966. The maximum Gasteiger partial charge on any atom is 0.165 e. The highest BCUT2D eigenvalue weighted by molar-refractivity contribution is 6.34. The average molecular weight is 265 g/mol. The number of nitrogens with one attached hydrogen (secondary N) is 1. The highest BCUT2D eigenvalue weighted by Crippen LogP contribution is 2.21. The number of halogens is 1. The van der Waals surface area contributed by atoms with Crippen LogP contribution < -0.4 is 5.32 Å². The van der Waals surface area contributed by atoms with Gasteiger partial charge < -0.3 is 5.32 Å². The van der Waals surface area contributed by atoms with Crippen molar-refractivity contribution in [3.05, 3.63) is 47.2 Å². The van der Waals surface area contributed by atoms with E-state index >= 15 is 0 Å². The molecule has 0 aliphatic carbocycles. The summed E-state index contributed by atoms with van der Waals surface area (Å²) in [4.78, 5) is 20.0. The minimum atomic E-state index is -2.33. The average Bonchev–Trinajstić information content (AvgIpc) is 2.37. The molecule has 0 saturated carbocycles. The highest BCUT2D eigenvalue weighted by atomic mass is 35.5. The van der Waals surface area contributed by atoms with E-state index in [4.69, 9.17) is 15.7 Å². The van der Waals surface area contributed by atoms with Gasteiger partial charge in [0.05, 0.1) is 10.6 Å². The van der Waals surface area contributed by atoms with Crippen LogP contribution >= 0.6 is 11.6 Å².